The summed E-state index contributed by atoms with van der Waals surface area (Å²) in [5, 5.41) is -0.115. The van der Waals surface area contributed by atoms with Crippen LogP contribution in [0.3, 0.4) is 0 Å². The number of halogens is 2. The zero-order valence-electron chi connectivity index (χ0n) is 11.8. The highest BCUT2D eigenvalue weighted by atomic mass is 35.5. The molecule has 112 valence electrons. The molecule has 0 fully saturated rings. The number of furan rings is 1. The van der Waals surface area contributed by atoms with E-state index < -0.39 is 5.82 Å². The molecule has 0 saturated carbocycles. The van der Waals surface area contributed by atoms with Crippen molar-refractivity contribution >= 4 is 28.5 Å². The first-order valence-electron chi connectivity index (χ1n) is 6.44. The topological polar surface area (TPSA) is 52.3 Å². The van der Waals surface area contributed by atoms with Crippen molar-refractivity contribution in [2.24, 2.45) is 0 Å². The van der Waals surface area contributed by atoms with E-state index in [1.54, 1.807) is 24.3 Å². The van der Waals surface area contributed by atoms with E-state index in [0.717, 1.165) is 6.20 Å². The highest BCUT2D eigenvalue weighted by Gasteiger charge is 2.17. The van der Waals surface area contributed by atoms with E-state index in [-0.39, 0.29) is 16.4 Å². The summed E-state index contributed by atoms with van der Waals surface area (Å²) >= 11 is 5.88. The van der Waals surface area contributed by atoms with Gasteiger partial charge in [0.25, 0.3) is 0 Å². The predicted molar refractivity (Wildman–Crippen MR) is 81.0 cm³/mol. The maximum atomic E-state index is 13.4. The number of rotatable bonds is 3. The van der Waals surface area contributed by atoms with E-state index in [1.807, 2.05) is 0 Å². The second kappa shape index (κ2) is 5.42. The van der Waals surface area contributed by atoms with Crippen LogP contribution in [0.4, 0.5) is 4.39 Å². The lowest BCUT2D eigenvalue weighted by atomic mass is 10.1. The van der Waals surface area contributed by atoms with Gasteiger partial charge < -0.3 is 9.15 Å². The molecule has 0 unspecified atom stereocenters. The van der Waals surface area contributed by atoms with Gasteiger partial charge in [-0.2, -0.15) is 0 Å². The van der Waals surface area contributed by atoms with Crippen molar-refractivity contribution in [2.45, 2.75) is 6.92 Å². The van der Waals surface area contributed by atoms with E-state index in [1.165, 1.54) is 14.0 Å². The van der Waals surface area contributed by atoms with Gasteiger partial charge in [0.15, 0.2) is 17.2 Å². The van der Waals surface area contributed by atoms with Crippen molar-refractivity contribution in [3.8, 4) is 17.1 Å². The van der Waals surface area contributed by atoms with Gasteiger partial charge in [0.1, 0.15) is 22.0 Å². The average Bonchev–Trinajstić information content (AvgIpc) is 2.95. The summed E-state index contributed by atoms with van der Waals surface area (Å²) in [5.74, 6) is 0.195. The van der Waals surface area contributed by atoms with Gasteiger partial charge in [0.2, 0.25) is 0 Å². The first-order valence-corrected chi connectivity index (χ1v) is 6.82. The van der Waals surface area contributed by atoms with Crippen molar-refractivity contribution in [2.75, 3.05) is 7.11 Å². The van der Waals surface area contributed by atoms with Crippen LogP contribution in [0.25, 0.3) is 22.4 Å². The highest BCUT2D eigenvalue weighted by Crippen LogP contribution is 2.36. The second-order valence-electron chi connectivity index (χ2n) is 4.72. The first kappa shape index (κ1) is 14.5. The fraction of sp³-hybridized carbons (Fsp3) is 0.125. The van der Waals surface area contributed by atoms with Crippen molar-refractivity contribution in [3.63, 3.8) is 0 Å². The lowest BCUT2D eigenvalue weighted by Gasteiger charge is -2.07. The number of ether oxygens (including phenoxy) is 1. The molecule has 3 rings (SSSR count). The third-order valence-electron chi connectivity index (χ3n) is 3.31. The molecule has 6 heteroatoms. The molecular formula is C16H11ClFNO3. The normalized spacial score (nSPS) is 10.9. The molecule has 0 saturated heterocycles. The molecule has 0 radical (unpaired) electrons. The zero-order valence-corrected chi connectivity index (χ0v) is 12.6. The predicted octanol–water partition coefficient (Wildman–Crippen LogP) is 4.50. The molecule has 0 amide bonds. The van der Waals surface area contributed by atoms with E-state index in [0.29, 0.717) is 28.2 Å². The summed E-state index contributed by atoms with van der Waals surface area (Å²) in [4.78, 5) is 15.4. The van der Waals surface area contributed by atoms with Crippen LogP contribution >= 0.6 is 11.6 Å². The van der Waals surface area contributed by atoms with Crippen LogP contribution in [0.1, 0.15) is 17.3 Å². The molecule has 2 aromatic heterocycles. The summed E-state index contributed by atoms with van der Waals surface area (Å²) in [7, 11) is 1.50. The number of hydrogen-bond donors (Lipinski definition) is 0. The van der Waals surface area contributed by atoms with E-state index in [9.17, 15) is 9.18 Å². The standard InChI is InChI=1S/C16H11ClFNO3/c1-8(20)9-3-4-10(13(5-9)21-2)14-6-12-16(22-14)15(17)11(18)7-19-12/h3-7H,1-2H3. The van der Waals surface area contributed by atoms with Crippen molar-refractivity contribution in [1.82, 2.24) is 4.98 Å². The van der Waals surface area contributed by atoms with Crippen LogP contribution in [-0.2, 0) is 0 Å². The molecule has 0 N–H and O–H groups in total. The minimum atomic E-state index is -0.644. The molecule has 0 aliphatic rings. The second-order valence-corrected chi connectivity index (χ2v) is 5.09. The molecule has 0 aliphatic heterocycles. The Morgan fingerprint density at radius 3 is 2.82 bits per heavy atom. The first-order chi connectivity index (χ1) is 10.5. The molecule has 0 bridgehead atoms. The number of carbonyl (C=O) groups excluding carboxylic acids is 1. The van der Waals surface area contributed by atoms with Crippen LogP contribution in [-0.4, -0.2) is 17.9 Å². The van der Waals surface area contributed by atoms with Crippen LogP contribution in [0.2, 0.25) is 5.02 Å². The number of Topliss-reactive ketones (excluding diaryl/α,β-unsaturated/α-hetero) is 1. The SMILES string of the molecule is COc1cc(C(C)=O)ccc1-c1cc2ncc(F)c(Cl)c2o1. The number of pyridine rings is 1. The molecule has 2 heterocycles. The molecule has 3 aromatic rings. The van der Waals surface area contributed by atoms with Crippen LogP contribution < -0.4 is 4.74 Å². The third kappa shape index (κ3) is 2.33. The van der Waals surface area contributed by atoms with Crippen LogP contribution in [0.5, 0.6) is 5.75 Å². The smallest absolute Gasteiger partial charge is 0.174 e. The number of nitrogens with zero attached hydrogens (tertiary/aromatic N) is 1. The average molecular weight is 320 g/mol. The minimum absolute atomic E-state index is 0.0683. The summed E-state index contributed by atoms with van der Waals surface area (Å²) in [6, 6.07) is 6.65. The van der Waals surface area contributed by atoms with Crippen molar-refractivity contribution < 1.29 is 18.3 Å². The maximum Gasteiger partial charge on any atom is 0.174 e. The van der Waals surface area contributed by atoms with E-state index in [2.05, 4.69) is 4.98 Å². The van der Waals surface area contributed by atoms with Gasteiger partial charge in [-0.1, -0.05) is 17.7 Å². The Morgan fingerprint density at radius 1 is 1.36 bits per heavy atom. The number of hydrogen-bond acceptors (Lipinski definition) is 4. The maximum absolute atomic E-state index is 13.4. The van der Waals surface area contributed by atoms with Crippen LogP contribution in [0.15, 0.2) is 34.9 Å². The quantitative estimate of drug-likeness (QED) is 0.667. The van der Waals surface area contributed by atoms with Gasteiger partial charge >= 0.3 is 0 Å². The number of aromatic nitrogens is 1. The Labute approximate surface area is 130 Å². The van der Waals surface area contributed by atoms with E-state index >= 15 is 0 Å². The Hall–Kier alpha value is -2.40. The summed E-state index contributed by atoms with van der Waals surface area (Å²) in [6.07, 6.45) is 1.04. The highest BCUT2D eigenvalue weighted by molar-refractivity contribution is 6.34. The van der Waals surface area contributed by atoms with Gasteiger partial charge in [-0.25, -0.2) is 9.37 Å². The van der Waals surface area contributed by atoms with Crippen molar-refractivity contribution in [3.05, 3.63) is 46.9 Å². The van der Waals surface area contributed by atoms with E-state index in [4.69, 9.17) is 20.8 Å². The van der Waals surface area contributed by atoms with Gasteiger partial charge in [-0.3, -0.25) is 4.79 Å². The molecular weight excluding hydrogens is 309 g/mol. The largest absolute Gasteiger partial charge is 0.496 e. The lowest BCUT2D eigenvalue weighted by Crippen LogP contribution is -1.94. The fourth-order valence-corrected chi connectivity index (χ4v) is 2.36. The lowest BCUT2D eigenvalue weighted by molar-refractivity contribution is 0.101. The number of ketones is 1. The van der Waals surface area contributed by atoms with Gasteiger partial charge in [-0.05, 0) is 19.1 Å². The number of methoxy groups -OCH3 is 1. The molecule has 0 aliphatic carbocycles. The minimum Gasteiger partial charge on any atom is -0.496 e. The Morgan fingerprint density at radius 2 is 2.14 bits per heavy atom. The number of carbonyl (C=O) groups is 1. The molecule has 1 aromatic carbocycles. The third-order valence-corrected chi connectivity index (χ3v) is 3.66. The Bertz CT molecular complexity index is 888. The Balaban J connectivity index is 2.19. The van der Waals surface area contributed by atoms with Gasteiger partial charge in [0.05, 0.1) is 18.9 Å². The van der Waals surface area contributed by atoms with Crippen molar-refractivity contribution in [1.29, 1.82) is 0 Å². The molecule has 22 heavy (non-hydrogen) atoms. The molecule has 0 spiro atoms. The summed E-state index contributed by atoms with van der Waals surface area (Å²) in [5.41, 5.74) is 1.77. The molecule has 0 atom stereocenters. The zero-order chi connectivity index (χ0) is 15.9. The van der Waals surface area contributed by atoms with Gasteiger partial charge in [-0.15, -0.1) is 0 Å². The fourth-order valence-electron chi connectivity index (χ4n) is 2.17. The number of fused-ring (bicyclic) bond motifs is 1. The Kier molecular flexibility index (Phi) is 3.58. The van der Waals surface area contributed by atoms with Gasteiger partial charge in [0, 0.05) is 11.6 Å². The van der Waals surface area contributed by atoms with Crippen LogP contribution in [0, 0.1) is 5.82 Å². The number of benzene rings is 1. The monoisotopic (exact) mass is 319 g/mol. The summed E-state index contributed by atoms with van der Waals surface area (Å²) < 4.78 is 24.3. The summed E-state index contributed by atoms with van der Waals surface area (Å²) in [6.45, 7) is 1.47. The molecule has 4 nitrogen and oxygen atoms in total.